The maximum atomic E-state index is 14.2. The van der Waals surface area contributed by atoms with Crippen molar-refractivity contribution in [1.29, 1.82) is 0 Å². The van der Waals surface area contributed by atoms with Crippen molar-refractivity contribution in [2.75, 3.05) is 26.2 Å². The number of carboxylic acid groups (broad SMARTS) is 1. The Labute approximate surface area is 180 Å². The number of carbonyl (C=O) groups excluding carboxylic acids is 1. The number of nitrogens with zero attached hydrogens (tertiary/aromatic N) is 2. The van der Waals surface area contributed by atoms with E-state index in [9.17, 15) is 14.0 Å². The summed E-state index contributed by atoms with van der Waals surface area (Å²) in [6.07, 6.45) is 0.834. The molecule has 31 heavy (non-hydrogen) atoms. The molecule has 0 fully saturated rings. The van der Waals surface area contributed by atoms with Gasteiger partial charge in [0, 0.05) is 19.5 Å². The zero-order valence-corrected chi connectivity index (χ0v) is 17.7. The fourth-order valence-electron chi connectivity index (χ4n) is 3.58. The molecule has 3 rings (SSSR count). The summed E-state index contributed by atoms with van der Waals surface area (Å²) < 4.78 is 22.1. The minimum absolute atomic E-state index is 0.121. The molecule has 0 aromatic heterocycles. The van der Waals surface area contributed by atoms with Gasteiger partial charge in [0.05, 0.1) is 18.7 Å². The molecule has 0 bridgehead atoms. The average Bonchev–Trinajstić information content (AvgIpc) is 2.75. The SMILES string of the molecule is C=CC(=O)[N+]1=C(C)CN(C[C@@H](Oc2ccc(C(=O)O)cc2)c2ccc(C)c(F)c2)CC1. The van der Waals surface area contributed by atoms with E-state index >= 15 is 0 Å². The van der Waals surface area contributed by atoms with E-state index in [4.69, 9.17) is 9.84 Å². The van der Waals surface area contributed by atoms with Crippen LogP contribution in [-0.2, 0) is 4.79 Å². The maximum absolute atomic E-state index is 14.2. The molecule has 0 radical (unpaired) electrons. The number of hydrogen-bond acceptors (Lipinski definition) is 4. The molecule has 1 heterocycles. The Hall–Kier alpha value is -3.32. The van der Waals surface area contributed by atoms with Crippen LogP contribution in [0.4, 0.5) is 4.39 Å². The third kappa shape index (κ3) is 5.44. The number of halogens is 1. The lowest BCUT2D eigenvalue weighted by Gasteiger charge is -2.29. The quantitative estimate of drug-likeness (QED) is 0.544. The summed E-state index contributed by atoms with van der Waals surface area (Å²) in [4.78, 5) is 25.2. The second-order valence-electron chi connectivity index (χ2n) is 7.61. The van der Waals surface area contributed by atoms with Crippen LogP contribution in [-0.4, -0.2) is 58.3 Å². The normalized spacial score (nSPS) is 15.5. The van der Waals surface area contributed by atoms with E-state index in [1.54, 1.807) is 29.7 Å². The summed E-state index contributed by atoms with van der Waals surface area (Å²) >= 11 is 0. The largest absolute Gasteiger partial charge is 0.484 e. The van der Waals surface area contributed by atoms with E-state index in [2.05, 4.69) is 11.5 Å². The first-order chi connectivity index (χ1) is 14.8. The highest BCUT2D eigenvalue weighted by Crippen LogP contribution is 2.25. The van der Waals surface area contributed by atoms with Crippen LogP contribution in [0.3, 0.4) is 0 Å². The lowest BCUT2D eigenvalue weighted by atomic mass is 10.1. The molecule has 0 unspecified atom stereocenters. The number of ether oxygens (including phenoxy) is 1. The van der Waals surface area contributed by atoms with Gasteiger partial charge in [-0.25, -0.2) is 14.0 Å². The van der Waals surface area contributed by atoms with Crippen LogP contribution in [0.5, 0.6) is 5.75 Å². The molecule has 1 atom stereocenters. The number of aromatic carboxylic acids is 1. The first-order valence-corrected chi connectivity index (χ1v) is 10.0. The average molecular weight is 425 g/mol. The second-order valence-corrected chi connectivity index (χ2v) is 7.61. The van der Waals surface area contributed by atoms with Crippen molar-refractivity contribution in [3.8, 4) is 5.75 Å². The molecule has 2 aromatic carbocycles. The first-order valence-electron chi connectivity index (χ1n) is 10.0. The van der Waals surface area contributed by atoms with Crippen molar-refractivity contribution < 1.29 is 28.4 Å². The highest BCUT2D eigenvalue weighted by atomic mass is 19.1. The summed E-state index contributed by atoms with van der Waals surface area (Å²) in [7, 11) is 0. The molecule has 1 N–H and O–H groups in total. The molecular formula is C24H26FN2O4+. The molecule has 0 spiro atoms. The summed E-state index contributed by atoms with van der Waals surface area (Å²) in [6.45, 7) is 9.39. The Morgan fingerprint density at radius 3 is 2.55 bits per heavy atom. The molecule has 0 saturated carbocycles. The minimum atomic E-state index is -1.01. The zero-order chi connectivity index (χ0) is 22.5. The van der Waals surface area contributed by atoms with Gasteiger partial charge in [0.2, 0.25) is 0 Å². The van der Waals surface area contributed by atoms with Crippen LogP contribution in [0.25, 0.3) is 0 Å². The first kappa shape index (κ1) is 22.4. The van der Waals surface area contributed by atoms with Gasteiger partial charge in [-0.3, -0.25) is 4.90 Å². The predicted octanol–water partition coefficient (Wildman–Crippen LogP) is 3.45. The van der Waals surface area contributed by atoms with Crippen molar-refractivity contribution in [2.24, 2.45) is 0 Å². The van der Waals surface area contributed by atoms with Gasteiger partial charge < -0.3 is 9.84 Å². The van der Waals surface area contributed by atoms with Crippen LogP contribution < -0.4 is 4.74 Å². The van der Waals surface area contributed by atoms with E-state index in [0.29, 0.717) is 43.1 Å². The van der Waals surface area contributed by atoms with Crippen molar-refractivity contribution in [3.05, 3.63) is 77.6 Å². The summed E-state index contributed by atoms with van der Waals surface area (Å²) in [5.41, 5.74) is 2.32. The number of hydrogen-bond donors (Lipinski definition) is 1. The van der Waals surface area contributed by atoms with E-state index in [1.807, 2.05) is 13.0 Å². The number of rotatable bonds is 7. The monoisotopic (exact) mass is 425 g/mol. The molecule has 0 aliphatic carbocycles. The Morgan fingerprint density at radius 1 is 1.26 bits per heavy atom. The smallest absolute Gasteiger partial charge is 0.411 e. The van der Waals surface area contributed by atoms with Crippen molar-refractivity contribution >= 4 is 17.6 Å². The van der Waals surface area contributed by atoms with Gasteiger partial charge in [0.1, 0.15) is 17.7 Å². The molecule has 1 aliphatic rings. The van der Waals surface area contributed by atoms with Crippen LogP contribution >= 0.6 is 0 Å². The van der Waals surface area contributed by atoms with Crippen LogP contribution in [0.2, 0.25) is 0 Å². The minimum Gasteiger partial charge on any atom is -0.484 e. The molecule has 1 amide bonds. The second kappa shape index (κ2) is 9.66. The molecule has 1 aliphatic heterocycles. The molecule has 2 aromatic rings. The lowest BCUT2D eigenvalue weighted by molar-refractivity contribution is -0.451. The van der Waals surface area contributed by atoms with Gasteiger partial charge in [0.15, 0.2) is 12.3 Å². The van der Waals surface area contributed by atoms with E-state index in [0.717, 1.165) is 5.71 Å². The molecule has 162 valence electrons. The predicted molar refractivity (Wildman–Crippen MR) is 115 cm³/mol. The third-order valence-electron chi connectivity index (χ3n) is 5.36. The molecular weight excluding hydrogens is 399 g/mol. The van der Waals surface area contributed by atoms with Gasteiger partial charge in [0.25, 0.3) is 0 Å². The van der Waals surface area contributed by atoms with E-state index in [-0.39, 0.29) is 17.3 Å². The Morgan fingerprint density at radius 2 is 1.97 bits per heavy atom. The Kier molecular flexibility index (Phi) is 6.97. The summed E-state index contributed by atoms with van der Waals surface area (Å²) in [6, 6.07) is 11.2. The van der Waals surface area contributed by atoms with E-state index < -0.39 is 12.1 Å². The van der Waals surface area contributed by atoms with Crippen molar-refractivity contribution in [3.63, 3.8) is 0 Å². The topological polar surface area (TPSA) is 69.8 Å². The van der Waals surface area contributed by atoms with Gasteiger partial charge >= 0.3 is 11.9 Å². The summed E-state index contributed by atoms with van der Waals surface area (Å²) in [5, 5.41) is 9.09. The number of aryl methyl sites for hydroxylation is 1. The molecule has 0 saturated heterocycles. The fourth-order valence-corrected chi connectivity index (χ4v) is 3.58. The standard InChI is InChI=1S/C24H25FN2O4/c1-4-23(28)27-12-11-26(14-17(27)3)15-22(19-6-5-16(2)21(25)13-19)31-20-9-7-18(8-10-20)24(29)30/h4-10,13,22H,1,11-12,14-15H2,2-3H3/p+1/t22-/m1/s1. The Bertz CT molecular complexity index is 1030. The zero-order valence-electron chi connectivity index (χ0n) is 17.7. The van der Waals surface area contributed by atoms with E-state index in [1.165, 1.54) is 24.3 Å². The van der Waals surface area contributed by atoms with Gasteiger partial charge in [-0.2, -0.15) is 4.58 Å². The number of benzene rings is 2. The fraction of sp³-hybridized carbons (Fsp3) is 0.292. The molecule has 7 heteroatoms. The van der Waals surface area contributed by atoms with Crippen LogP contribution in [0, 0.1) is 12.7 Å². The molecule has 6 nitrogen and oxygen atoms in total. The number of carbonyl (C=O) groups is 2. The van der Waals surface area contributed by atoms with Crippen molar-refractivity contribution in [2.45, 2.75) is 20.0 Å². The van der Waals surface area contributed by atoms with Gasteiger partial charge in [-0.05, 0) is 48.4 Å². The van der Waals surface area contributed by atoms with Gasteiger partial charge in [-0.15, -0.1) is 0 Å². The Balaban J connectivity index is 1.83. The van der Waals surface area contributed by atoms with Gasteiger partial charge in [-0.1, -0.05) is 18.7 Å². The summed E-state index contributed by atoms with van der Waals surface area (Å²) in [5.74, 6) is -0.945. The van der Waals surface area contributed by atoms with Crippen molar-refractivity contribution in [1.82, 2.24) is 4.90 Å². The third-order valence-corrected chi connectivity index (χ3v) is 5.36. The lowest BCUT2D eigenvalue weighted by Crippen LogP contribution is -2.47. The number of carboxylic acids is 1. The number of amides is 1. The highest BCUT2D eigenvalue weighted by Gasteiger charge is 2.29. The van der Waals surface area contributed by atoms with Crippen LogP contribution in [0.15, 0.2) is 55.1 Å². The maximum Gasteiger partial charge on any atom is 0.411 e. The highest BCUT2D eigenvalue weighted by molar-refractivity contribution is 5.89. The van der Waals surface area contributed by atoms with Crippen LogP contribution in [0.1, 0.15) is 34.5 Å².